The topological polar surface area (TPSA) is 36.3 Å². The van der Waals surface area contributed by atoms with E-state index < -0.39 is 0 Å². The van der Waals surface area contributed by atoms with E-state index in [0.29, 0.717) is 12.5 Å². The third-order valence-electron chi connectivity index (χ3n) is 4.80. The zero-order valence-corrected chi connectivity index (χ0v) is 15.0. The number of methoxy groups -OCH3 is 1. The molecule has 24 heavy (non-hydrogen) atoms. The van der Waals surface area contributed by atoms with Gasteiger partial charge in [-0.05, 0) is 44.4 Å². The molecule has 1 atom stereocenters. The van der Waals surface area contributed by atoms with Crippen LogP contribution in [0.4, 0.5) is 0 Å². The minimum atomic E-state index is 0.0272. The summed E-state index contributed by atoms with van der Waals surface area (Å²) in [6.45, 7) is 4.66. The average Bonchev–Trinajstić information content (AvgIpc) is 3.08. The molecule has 3 rings (SSSR count). The quantitative estimate of drug-likeness (QED) is 0.775. The maximum absolute atomic E-state index is 6.00. The Morgan fingerprint density at radius 2 is 2.00 bits per heavy atom. The smallest absolute Gasteiger partial charge is 0.124 e. The molecule has 1 aromatic heterocycles. The first-order valence-electron chi connectivity index (χ1n) is 8.99. The maximum atomic E-state index is 6.00. The molecule has 0 bridgehead atoms. The molecule has 0 N–H and O–H groups in total. The molecular formula is C20H28N2O2. The number of aromatic nitrogens is 2. The van der Waals surface area contributed by atoms with Gasteiger partial charge in [0.25, 0.3) is 0 Å². The monoisotopic (exact) mass is 328 g/mol. The van der Waals surface area contributed by atoms with E-state index in [1.54, 1.807) is 7.11 Å². The van der Waals surface area contributed by atoms with Crippen LogP contribution in [0.2, 0.25) is 0 Å². The molecule has 0 saturated heterocycles. The van der Waals surface area contributed by atoms with Crippen molar-refractivity contribution in [3.8, 4) is 11.4 Å². The fourth-order valence-electron chi connectivity index (χ4n) is 3.44. The third kappa shape index (κ3) is 3.99. The van der Waals surface area contributed by atoms with Gasteiger partial charge < -0.3 is 9.47 Å². The molecule has 0 amide bonds. The molecule has 0 aliphatic heterocycles. The van der Waals surface area contributed by atoms with Crippen LogP contribution < -0.4 is 4.74 Å². The van der Waals surface area contributed by atoms with E-state index in [1.807, 2.05) is 11.6 Å². The summed E-state index contributed by atoms with van der Waals surface area (Å²) in [5.41, 5.74) is 3.40. The second-order valence-corrected chi connectivity index (χ2v) is 6.85. The zero-order chi connectivity index (χ0) is 16.9. The van der Waals surface area contributed by atoms with Gasteiger partial charge in [0.15, 0.2) is 0 Å². The fourth-order valence-corrected chi connectivity index (χ4v) is 3.44. The van der Waals surface area contributed by atoms with Crippen LogP contribution in [0.3, 0.4) is 0 Å². The van der Waals surface area contributed by atoms with Crippen LogP contribution in [0.5, 0.6) is 5.75 Å². The second kappa shape index (κ2) is 7.84. The highest BCUT2D eigenvalue weighted by atomic mass is 16.5. The van der Waals surface area contributed by atoms with Crippen molar-refractivity contribution in [2.45, 2.75) is 58.0 Å². The van der Waals surface area contributed by atoms with Crippen LogP contribution in [-0.4, -0.2) is 29.6 Å². The van der Waals surface area contributed by atoms with Crippen LogP contribution in [-0.2, 0) is 4.74 Å². The summed E-state index contributed by atoms with van der Waals surface area (Å²) in [7, 11) is 1.69. The molecule has 0 spiro atoms. The highest BCUT2D eigenvalue weighted by Gasteiger charge is 2.18. The SMILES string of the molecule is COCC(C)Oc1cc(-n2ccc(C3CCCCC3)n2)ccc1C. The van der Waals surface area contributed by atoms with Crippen molar-refractivity contribution in [3.63, 3.8) is 0 Å². The molecule has 1 unspecified atom stereocenters. The minimum absolute atomic E-state index is 0.0272. The second-order valence-electron chi connectivity index (χ2n) is 6.85. The molecule has 2 aromatic rings. The van der Waals surface area contributed by atoms with Crippen LogP contribution in [0.1, 0.15) is 56.2 Å². The van der Waals surface area contributed by atoms with Crippen molar-refractivity contribution in [1.29, 1.82) is 0 Å². The van der Waals surface area contributed by atoms with Gasteiger partial charge in [-0.15, -0.1) is 0 Å². The van der Waals surface area contributed by atoms with Gasteiger partial charge in [-0.2, -0.15) is 5.10 Å². The number of hydrogen-bond acceptors (Lipinski definition) is 3. The number of ether oxygens (including phenoxy) is 2. The summed E-state index contributed by atoms with van der Waals surface area (Å²) in [5.74, 6) is 1.52. The van der Waals surface area contributed by atoms with Gasteiger partial charge in [0.1, 0.15) is 11.9 Å². The van der Waals surface area contributed by atoms with E-state index in [-0.39, 0.29) is 6.10 Å². The molecule has 1 heterocycles. The highest BCUT2D eigenvalue weighted by molar-refractivity contribution is 5.44. The molecule has 1 saturated carbocycles. The maximum Gasteiger partial charge on any atom is 0.124 e. The lowest BCUT2D eigenvalue weighted by atomic mass is 9.87. The molecule has 1 aromatic carbocycles. The van der Waals surface area contributed by atoms with Crippen molar-refractivity contribution in [2.24, 2.45) is 0 Å². The standard InChI is InChI=1S/C20H28N2O2/c1-15-9-10-18(13-20(15)24-16(2)14-23-3)22-12-11-19(21-22)17-7-5-4-6-8-17/h9-13,16-17H,4-8,14H2,1-3H3. The first-order valence-corrected chi connectivity index (χ1v) is 8.99. The van der Waals surface area contributed by atoms with Gasteiger partial charge in [0.2, 0.25) is 0 Å². The lowest BCUT2D eigenvalue weighted by Gasteiger charge is -2.19. The van der Waals surface area contributed by atoms with Crippen molar-refractivity contribution >= 4 is 0 Å². The molecule has 4 heteroatoms. The first-order chi connectivity index (χ1) is 11.7. The predicted octanol–water partition coefficient (Wildman–Crippen LogP) is 4.64. The Labute approximate surface area is 144 Å². The van der Waals surface area contributed by atoms with Gasteiger partial charge >= 0.3 is 0 Å². The fraction of sp³-hybridized carbons (Fsp3) is 0.550. The molecule has 4 nitrogen and oxygen atoms in total. The van der Waals surface area contributed by atoms with E-state index in [9.17, 15) is 0 Å². The molecule has 130 valence electrons. The van der Waals surface area contributed by atoms with E-state index in [1.165, 1.54) is 37.8 Å². The first kappa shape index (κ1) is 17.0. The number of rotatable bonds is 6. The zero-order valence-electron chi connectivity index (χ0n) is 15.0. The Kier molecular flexibility index (Phi) is 5.56. The summed E-state index contributed by atoms with van der Waals surface area (Å²) in [6, 6.07) is 8.43. The Morgan fingerprint density at radius 1 is 1.21 bits per heavy atom. The Bertz CT molecular complexity index is 659. The number of hydrogen-bond donors (Lipinski definition) is 0. The summed E-state index contributed by atoms with van der Waals surface area (Å²) in [5, 5.41) is 4.83. The molecule has 1 aliphatic carbocycles. The third-order valence-corrected chi connectivity index (χ3v) is 4.80. The molecule has 1 aliphatic rings. The lowest BCUT2D eigenvalue weighted by molar-refractivity contribution is 0.0916. The lowest BCUT2D eigenvalue weighted by Crippen LogP contribution is -2.18. The predicted molar refractivity (Wildman–Crippen MR) is 96.1 cm³/mol. The van der Waals surface area contributed by atoms with Gasteiger partial charge in [-0.25, -0.2) is 4.68 Å². The van der Waals surface area contributed by atoms with E-state index >= 15 is 0 Å². The largest absolute Gasteiger partial charge is 0.488 e. The van der Waals surface area contributed by atoms with Gasteiger partial charge in [0, 0.05) is 25.3 Å². The van der Waals surface area contributed by atoms with E-state index in [0.717, 1.165) is 17.0 Å². The molecular weight excluding hydrogens is 300 g/mol. The summed E-state index contributed by atoms with van der Waals surface area (Å²) >= 11 is 0. The summed E-state index contributed by atoms with van der Waals surface area (Å²) < 4.78 is 13.1. The van der Waals surface area contributed by atoms with E-state index in [4.69, 9.17) is 14.6 Å². The Morgan fingerprint density at radius 3 is 2.75 bits per heavy atom. The van der Waals surface area contributed by atoms with Crippen molar-refractivity contribution in [1.82, 2.24) is 9.78 Å². The van der Waals surface area contributed by atoms with Crippen molar-refractivity contribution < 1.29 is 9.47 Å². The van der Waals surface area contributed by atoms with Gasteiger partial charge in [-0.3, -0.25) is 0 Å². The Balaban J connectivity index is 1.78. The number of aryl methyl sites for hydroxylation is 1. The normalized spacial score (nSPS) is 17.0. The summed E-state index contributed by atoms with van der Waals surface area (Å²) in [6.07, 6.45) is 8.67. The Hall–Kier alpha value is -1.81. The van der Waals surface area contributed by atoms with E-state index in [2.05, 4.69) is 37.4 Å². The van der Waals surface area contributed by atoms with Crippen molar-refractivity contribution in [2.75, 3.05) is 13.7 Å². The van der Waals surface area contributed by atoms with Crippen LogP contribution >= 0.6 is 0 Å². The number of benzene rings is 1. The number of nitrogens with zero attached hydrogens (tertiary/aromatic N) is 2. The van der Waals surface area contributed by atoms with Crippen LogP contribution in [0.15, 0.2) is 30.5 Å². The van der Waals surface area contributed by atoms with Crippen LogP contribution in [0, 0.1) is 6.92 Å². The minimum Gasteiger partial charge on any atom is -0.488 e. The average molecular weight is 328 g/mol. The highest BCUT2D eigenvalue weighted by Crippen LogP contribution is 2.32. The van der Waals surface area contributed by atoms with Crippen LogP contribution in [0.25, 0.3) is 5.69 Å². The molecule has 0 radical (unpaired) electrons. The molecule has 1 fully saturated rings. The van der Waals surface area contributed by atoms with Gasteiger partial charge in [-0.1, -0.05) is 25.3 Å². The summed E-state index contributed by atoms with van der Waals surface area (Å²) in [4.78, 5) is 0. The van der Waals surface area contributed by atoms with Gasteiger partial charge in [0.05, 0.1) is 18.0 Å². The van der Waals surface area contributed by atoms with Crippen molar-refractivity contribution in [3.05, 3.63) is 41.7 Å².